The molecule has 1 unspecified atom stereocenters. The Morgan fingerprint density at radius 2 is 2.35 bits per heavy atom. The molecule has 1 aliphatic rings. The van der Waals surface area contributed by atoms with Crippen molar-refractivity contribution >= 4 is 17.3 Å². The molecule has 1 aromatic rings. The first-order chi connectivity index (χ1) is 8.24. The van der Waals surface area contributed by atoms with Gasteiger partial charge in [-0.2, -0.15) is 0 Å². The van der Waals surface area contributed by atoms with E-state index in [-0.39, 0.29) is 12.7 Å². The van der Waals surface area contributed by atoms with Crippen molar-refractivity contribution in [2.45, 2.75) is 25.6 Å². The second-order valence-electron chi connectivity index (χ2n) is 4.38. The fraction of sp³-hybridized carbons (Fsp3) is 0.538. The highest BCUT2D eigenvalue weighted by atomic mass is 35.5. The molecule has 2 rings (SSSR count). The topological polar surface area (TPSA) is 32.7 Å². The molecule has 4 heteroatoms. The van der Waals surface area contributed by atoms with Crippen molar-refractivity contribution in [1.82, 2.24) is 0 Å². The van der Waals surface area contributed by atoms with Crippen LogP contribution in [0.5, 0.6) is 0 Å². The number of anilines is 1. The van der Waals surface area contributed by atoms with Gasteiger partial charge >= 0.3 is 0 Å². The number of piperidine rings is 1. The summed E-state index contributed by atoms with van der Waals surface area (Å²) in [7, 11) is 1.75. The van der Waals surface area contributed by atoms with Gasteiger partial charge < -0.3 is 14.7 Å². The highest BCUT2D eigenvalue weighted by molar-refractivity contribution is 6.30. The standard InChI is InChI=1S/C13H18ClNO2/c1-17-12-3-2-6-15(8-12)13-7-11(14)5-4-10(13)9-16/h4-5,7,12,16H,2-3,6,8-9H2,1H3. The minimum atomic E-state index is 0.0423. The smallest absolute Gasteiger partial charge is 0.0746 e. The molecular weight excluding hydrogens is 238 g/mol. The van der Waals surface area contributed by atoms with Gasteiger partial charge in [-0.05, 0) is 25.0 Å². The summed E-state index contributed by atoms with van der Waals surface area (Å²) in [6, 6.07) is 5.62. The maximum atomic E-state index is 9.36. The molecular formula is C13H18ClNO2. The van der Waals surface area contributed by atoms with Gasteiger partial charge in [-0.3, -0.25) is 0 Å². The van der Waals surface area contributed by atoms with Gasteiger partial charge in [-0.25, -0.2) is 0 Å². The van der Waals surface area contributed by atoms with Crippen LogP contribution in [0, 0.1) is 0 Å². The lowest BCUT2D eigenvalue weighted by atomic mass is 10.1. The second-order valence-corrected chi connectivity index (χ2v) is 4.81. The fourth-order valence-corrected chi connectivity index (χ4v) is 2.48. The monoisotopic (exact) mass is 255 g/mol. The highest BCUT2D eigenvalue weighted by Gasteiger charge is 2.21. The lowest BCUT2D eigenvalue weighted by Gasteiger charge is -2.34. The van der Waals surface area contributed by atoms with Crippen molar-refractivity contribution in [3.63, 3.8) is 0 Å². The van der Waals surface area contributed by atoms with Crippen molar-refractivity contribution in [3.05, 3.63) is 28.8 Å². The number of hydrogen-bond acceptors (Lipinski definition) is 3. The molecule has 1 heterocycles. The minimum absolute atomic E-state index is 0.0423. The van der Waals surface area contributed by atoms with E-state index < -0.39 is 0 Å². The summed E-state index contributed by atoms with van der Waals surface area (Å²) in [6.45, 7) is 1.90. The van der Waals surface area contributed by atoms with Crippen molar-refractivity contribution in [2.75, 3.05) is 25.1 Å². The summed E-state index contributed by atoms with van der Waals surface area (Å²) in [5.74, 6) is 0. The number of nitrogens with zero attached hydrogens (tertiary/aromatic N) is 1. The SMILES string of the molecule is COC1CCCN(c2cc(Cl)ccc2CO)C1. The molecule has 1 saturated heterocycles. The van der Waals surface area contributed by atoms with E-state index in [0.717, 1.165) is 37.2 Å². The molecule has 1 aromatic carbocycles. The third kappa shape index (κ3) is 2.92. The average Bonchev–Trinajstić information content (AvgIpc) is 2.39. The van der Waals surface area contributed by atoms with Gasteiger partial charge in [0.25, 0.3) is 0 Å². The van der Waals surface area contributed by atoms with E-state index in [0.29, 0.717) is 5.02 Å². The Kier molecular flexibility index (Phi) is 4.26. The minimum Gasteiger partial charge on any atom is -0.392 e. The van der Waals surface area contributed by atoms with Crippen LogP contribution in [0.25, 0.3) is 0 Å². The van der Waals surface area contributed by atoms with Crippen molar-refractivity contribution in [1.29, 1.82) is 0 Å². The molecule has 3 nitrogen and oxygen atoms in total. The molecule has 17 heavy (non-hydrogen) atoms. The van der Waals surface area contributed by atoms with Crippen LogP contribution < -0.4 is 4.90 Å². The zero-order valence-electron chi connectivity index (χ0n) is 10.0. The number of methoxy groups -OCH3 is 1. The molecule has 0 aliphatic carbocycles. The van der Waals surface area contributed by atoms with Crippen molar-refractivity contribution < 1.29 is 9.84 Å². The number of halogens is 1. The molecule has 1 N–H and O–H groups in total. The Hall–Kier alpha value is -0.770. The lowest BCUT2D eigenvalue weighted by Crippen LogP contribution is -2.39. The third-order valence-corrected chi connectivity index (χ3v) is 3.50. The van der Waals surface area contributed by atoms with Gasteiger partial charge in [-0.1, -0.05) is 17.7 Å². The van der Waals surface area contributed by atoms with E-state index in [1.54, 1.807) is 7.11 Å². The molecule has 0 spiro atoms. The van der Waals surface area contributed by atoms with Crippen LogP contribution in [0.3, 0.4) is 0 Å². The normalized spacial score (nSPS) is 20.6. The van der Waals surface area contributed by atoms with Crippen LogP contribution in [-0.2, 0) is 11.3 Å². The molecule has 1 fully saturated rings. The van der Waals surface area contributed by atoms with Crippen LogP contribution in [0.4, 0.5) is 5.69 Å². The van der Waals surface area contributed by atoms with Gasteiger partial charge in [0.1, 0.15) is 0 Å². The van der Waals surface area contributed by atoms with Gasteiger partial charge in [0.05, 0.1) is 12.7 Å². The highest BCUT2D eigenvalue weighted by Crippen LogP contribution is 2.28. The Balaban J connectivity index is 2.22. The number of benzene rings is 1. The number of ether oxygens (including phenoxy) is 1. The van der Waals surface area contributed by atoms with Gasteiger partial charge in [0.15, 0.2) is 0 Å². The largest absolute Gasteiger partial charge is 0.392 e. The molecule has 0 radical (unpaired) electrons. The zero-order chi connectivity index (χ0) is 12.3. The number of aliphatic hydroxyl groups excluding tert-OH is 1. The summed E-state index contributed by atoms with van der Waals surface area (Å²) in [5, 5.41) is 10.1. The number of aliphatic hydroxyl groups is 1. The van der Waals surface area contributed by atoms with Crippen molar-refractivity contribution in [3.8, 4) is 0 Å². The first kappa shape index (κ1) is 12.7. The average molecular weight is 256 g/mol. The van der Waals surface area contributed by atoms with E-state index in [2.05, 4.69) is 4.90 Å². The first-order valence-corrected chi connectivity index (χ1v) is 6.29. The summed E-state index contributed by atoms with van der Waals surface area (Å²) in [5.41, 5.74) is 1.95. The van der Waals surface area contributed by atoms with Crippen LogP contribution in [0.15, 0.2) is 18.2 Å². The predicted octanol–water partition coefficient (Wildman–Crippen LogP) is 2.45. The zero-order valence-corrected chi connectivity index (χ0v) is 10.8. The molecule has 0 bridgehead atoms. The van der Waals surface area contributed by atoms with Gasteiger partial charge in [0.2, 0.25) is 0 Å². The van der Waals surface area contributed by atoms with Crippen LogP contribution in [0.2, 0.25) is 5.02 Å². The van der Waals surface area contributed by atoms with E-state index >= 15 is 0 Å². The summed E-state index contributed by atoms with van der Waals surface area (Å²) >= 11 is 6.02. The van der Waals surface area contributed by atoms with Crippen molar-refractivity contribution in [2.24, 2.45) is 0 Å². The van der Waals surface area contributed by atoms with Crippen LogP contribution in [-0.4, -0.2) is 31.4 Å². The maximum absolute atomic E-state index is 9.36. The summed E-state index contributed by atoms with van der Waals surface area (Å²) in [4.78, 5) is 2.25. The number of rotatable bonds is 3. The van der Waals surface area contributed by atoms with Crippen LogP contribution in [0.1, 0.15) is 18.4 Å². The van der Waals surface area contributed by atoms with E-state index in [9.17, 15) is 5.11 Å². The first-order valence-electron chi connectivity index (χ1n) is 5.91. The maximum Gasteiger partial charge on any atom is 0.0746 e. The molecule has 0 amide bonds. The molecule has 94 valence electrons. The molecule has 1 atom stereocenters. The van der Waals surface area contributed by atoms with E-state index in [4.69, 9.17) is 16.3 Å². The molecule has 0 saturated carbocycles. The van der Waals surface area contributed by atoms with Gasteiger partial charge in [0, 0.05) is 36.5 Å². The second kappa shape index (κ2) is 5.71. The predicted molar refractivity (Wildman–Crippen MR) is 69.6 cm³/mol. The van der Waals surface area contributed by atoms with E-state index in [1.807, 2.05) is 18.2 Å². The van der Waals surface area contributed by atoms with Gasteiger partial charge in [-0.15, -0.1) is 0 Å². The summed E-state index contributed by atoms with van der Waals surface area (Å²) in [6.07, 6.45) is 2.48. The van der Waals surface area contributed by atoms with E-state index in [1.165, 1.54) is 0 Å². The Morgan fingerprint density at radius 1 is 1.53 bits per heavy atom. The number of hydrogen-bond donors (Lipinski definition) is 1. The Morgan fingerprint density at radius 3 is 3.06 bits per heavy atom. The Bertz CT molecular complexity index is 384. The Labute approximate surface area is 107 Å². The molecule has 1 aliphatic heterocycles. The third-order valence-electron chi connectivity index (χ3n) is 3.27. The summed E-state index contributed by atoms with van der Waals surface area (Å²) < 4.78 is 5.41. The van der Waals surface area contributed by atoms with Crippen LogP contribution >= 0.6 is 11.6 Å². The molecule has 0 aromatic heterocycles. The fourth-order valence-electron chi connectivity index (χ4n) is 2.31. The quantitative estimate of drug-likeness (QED) is 0.901. The lowest BCUT2D eigenvalue weighted by molar-refractivity contribution is 0.0892.